The van der Waals surface area contributed by atoms with Crippen LogP contribution < -0.4 is 5.48 Å². The van der Waals surface area contributed by atoms with Gasteiger partial charge in [0.15, 0.2) is 6.29 Å². The fourth-order valence-electron chi connectivity index (χ4n) is 2.23. The molecule has 1 saturated heterocycles. The van der Waals surface area contributed by atoms with Crippen LogP contribution in [0.4, 0.5) is 0 Å². The normalized spacial score (nSPS) is 26.8. The number of hydroxylamine groups is 1. The maximum atomic E-state index is 11.2. The summed E-state index contributed by atoms with van der Waals surface area (Å²) in [6.07, 6.45) is 0.172. The second-order valence-corrected chi connectivity index (χ2v) is 5.43. The lowest BCUT2D eigenvalue weighted by atomic mass is 9.85. The molecule has 0 bridgehead atoms. The highest BCUT2D eigenvalue weighted by Crippen LogP contribution is 2.33. The number of hydrogen-bond acceptors (Lipinski definition) is 4. The molecule has 0 aliphatic carbocycles. The maximum Gasteiger partial charge on any atom is 0.307 e. The van der Waals surface area contributed by atoms with Gasteiger partial charge in [0.05, 0.1) is 16.0 Å². The molecule has 0 aromatic heterocycles. The molecule has 1 fully saturated rings. The van der Waals surface area contributed by atoms with E-state index in [0.29, 0.717) is 16.3 Å². The first-order valence-corrected chi connectivity index (χ1v) is 6.80. The Hall–Kier alpha value is -1.14. The molecule has 0 radical (unpaired) electrons. The van der Waals surface area contributed by atoms with Crippen LogP contribution in [0.25, 0.3) is 0 Å². The van der Waals surface area contributed by atoms with Crippen LogP contribution in [-0.2, 0) is 14.4 Å². The first kappa shape index (κ1) is 15.3. The number of carboxylic acids is 1. The average molecular weight is 318 g/mol. The fraction of sp³-hybridized carbons (Fsp3) is 0.385. The van der Waals surface area contributed by atoms with Crippen molar-refractivity contribution in [1.29, 1.82) is 0 Å². The van der Waals surface area contributed by atoms with E-state index in [1.807, 2.05) is 0 Å². The Morgan fingerprint density at radius 2 is 2.15 bits per heavy atom. The van der Waals surface area contributed by atoms with Gasteiger partial charge in [0.2, 0.25) is 0 Å². The number of carboxylic acid groups (broad SMARTS) is 1. The zero-order chi connectivity index (χ0) is 14.7. The minimum atomic E-state index is -0.933. The van der Waals surface area contributed by atoms with E-state index in [2.05, 4.69) is 5.48 Å². The van der Waals surface area contributed by atoms with E-state index in [0.717, 1.165) is 5.56 Å². The molecule has 0 spiro atoms. The predicted octanol–water partition coefficient (Wildman–Crippen LogP) is 2.27. The van der Waals surface area contributed by atoms with E-state index >= 15 is 0 Å². The summed E-state index contributed by atoms with van der Waals surface area (Å²) in [4.78, 5) is 27.5. The van der Waals surface area contributed by atoms with E-state index in [1.165, 1.54) is 0 Å². The van der Waals surface area contributed by atoms with Crippen molar-refractivity contribution in [1.82, 2.24) is 5.48 Å². The van der Waals surface area contributed by atoms with Crippen molar-refractivity contribution in [2.45, 2.75) is 18.4 Å². The van der Waals surface area contributed by atoms with Crippen LogP contribution in [0.5, 0.6) is 0 Å². The van der Waals surface area contributed by atoms with Gasteiger partial charge in [-0.05, 0) is 24.1 Å². The standard InChI is InChI=1S/C13H13Cl2NO4/c14-10-2-1-7(4-11(10)15)9-3-8(13(18)19)5-16-20-12(9)6-17/h1-2,4,6,8-9,12,16H,3,5H2,(H,18,19). The molecule has 7 heteroatoms. The Bertz CT molecular complexity index is 523. The SMILES string of the molecule is O=CC1ONCC(C(=O)O)CC1c1ccc(Cl)c(Cl)c1. The number of benzene rings is 1. The molecule has 3 unspecified atom stereocenters. The molecule has 1 aromatic rings. The Kier molecular flexibility index (Phi) is 4.99. The van der Waals surface area contributed by atoms with E-state index in [1.54, 1.807) is 18.2 Å². The van der Waals surface area contributed by atoms with Crippen molar-refractivity contribution in [3.63, 3.8) is 0 Å². The van der Waals surface area contributed by atoms with Gasteiger partial charge >= 0.3 is 5.97 Å². The highest BCUT2D eigenvalue weighted by atomic mass is 35.5. The lowest BCUT2D eigenvalue weighted by molar-refractivity contribution is -0.142. The highest BCUT2D eigenvalue weighted by Gasteiger charge is 2.33. The minimum Gasteiger partial charge on any atom is -0.481 e. The molecule has 1 heterocycles. The molecule has 0 saturated carbocycles. The summed E-state index contributed by atoms with van der Waals surface area (Å²) in [5, 5.41) is 9.92. The summed E-state index contributed by atoms with van der Waals surface area (Å²) in [7, 11) is 0. The molecule has 1 aliphatic heterocycles. The summed E-state index contributed by atoms with van der Waals surface area (Å²) in [6, 6.07) is 4.98. The van der Waals surface area contributed by atoms with Gasteiger partial charge in [0.25, 0.3) is 0 Å². The highest BCUT2D eigenvalue weighted by molar-refractivity contribution is 6.42. The largest absolute Gasteiger partial charge is 0.481 e. The topological polar surface area (TPSA) is 75.6 Å². The number of nitrogens with one attached hydrogen (secondary N) is 1. The van der Waals surface area contributed by atoms with Crippen LogP contribution in [0.15, 0.2) is 18.2 Å². The van der Waals surface area contributed by atoms with Gasteiger partial charge in [-0.25, -0.2) is 5.48 Å². The maximum absolute atomic E-state index is 11.2. The summed E-state index contributed by atoms with van der Waals surface area (Å²) in [5.41, 5.74) is 3.26. The third-order valence-corrected chi connectivity index (χ3v) is 4.08. The summed E-state index contributed by atoms with van der Waals surface area (Å²) in [6.45, 7) is 0.150. The number of carbonyl (C=O) groups is 2. The van der Waals surface area contributed by atoms with Crippen LogP contribution in [0.2, 0.25) is 10.0 Å². The second kappa shape index (κ2) is 6.54. The van der Waals surface area contributed by atoms with Gasteiger partial charge in [0.1, 0.15) is 6.10 Å². The van der Waals surface area contributed by atoms with E-state index in [9.17, 15) is 9.59 Å². The van der Waals surface area contributed by atoms with Crippen molar-refractivity contribution < 1.29 is 19.5 Å². The monoisotopic (exact) mass is 317 g/mol. The van der Waals surface area contributed by atoms with Crippen molar-refractivity contribution in [2.24, 2.45) is 5.92 Å². The number of aliphatic carboxylic acids is 1. The van der Waals surface area contributed by atoms with E-state index in [-0.39, 0.29) is 13.0 Å². The lowest BCUT2D eigenvalue weighted by Crippen LogP contribution is -2.28. The molecule has 5 nitrogen and oxygen atoms in total. The molecule has 3 atom stereocenters. The lowest BCUT2D eigenvalue weighted by Gasteiger charge is -2.21. The molecular formula is C13H13Cl2NO4. The zero-order valence-corrected chi connectivity index (χ0v) is 11.9. The van der Waals surface area contributed by atoms with Crippen molar-refractivity contribution in [3.8, 4) is 0 Å². The Labute approximate surface area is 125 Å². The van der Waals surface area contributed by atoms with Crippen LogP contribution in [0.1, 0.15) is 17.9 Å². The van der Waals surface area contributed by atoms with E-state index in [4.69, 9.17) is 33.1 Å². The number of halogens is 2. The van der Waals surface area contributed by atoms with E-state index < -0.39 is 23.9 Å². The molecule has 2 rings (SSSR count). The number of rotatable bonds is 3. The van der Waals surface area contributed by atoms with Crippen molar-refractivity contribution in [2.75, 3.05) is 6.54 Å². The van der Waals surface area contributed by atoms with Crippen LogP contribution in [0.3, 0.4) is 0 Å². The number of hydrogen-bond donors (Lipinski definition) is 2. The molecule has 1 aromatic carbocycles. The Balaban J connectivity index is 2.33. The minimum absolute atomic E-state index is 0.150. The van der Waals surface area contributed by atoms with Crippen LogP contribution in [-0.4, -0.2) is 30.0 Å². The molecule has 2 N–H and O–H groups in total. The summed E-state index contributed by atoms with van der Waals surface area (Å²) >= 11 is 11.8. The van der Waals surface area contributed by atoms with Crippen molar-refractivity contribution in [3.05, 3.63) is 33.8 Å². The Morgan fingerprint density at radius 1 is 1.40 bits per heavy atom. The average Bonchev–Trinajstić information content (AvgIpc) is 2.64. The first-order chi connectivity index (χ1) is 9.52. The van der Waals surface area contributed by atoms with Gasteiger partial charge < -0.3 is 9.90 Å². The second-order valence-electron chi connectivity index (χ2n) is 4.62. The number of aldehydes is 1. The van der Waals surface area contributed by atoms with Gasteiger partial charge in [-0.15, -0.1) is 0 Å². The quantitative estimate of drug-likeness (QED) is 0.836. The summed E-state index contributed by atoms with van der Waals surface area (Å²) < 4.78 is 0. The zero-order valence-electron chi connectivity index (χ0n) is 10.4. The number of carbonyl (C=O) groups excluding carboxylic acids is 1. The van der Waals surface area contributed by atoms with Crippen molar-refractivity contribution >= 4 is 35.5 Å². The molecular weight excluding hydrogens is 305 g/mol. The molecule has 1 aliphatic rings. The first-order valence-electron chi connectivity index (χ1n) is 6.04. The Morgan fingerprint density at radius 3 is 2.75 bits per heavy atom. The third-order valence-electron chi connectivity index (χ3n) is 3.34. The van der Waals surface area contributed by atoms with Gasteiger partial charge in [-0.2, -0.15) is 0 Å². The van der Waals surface area contributed by atoms with Gasteiger partial charge in [-0.1, -0.05) is 29.3 Å². The van der Waals surface area contributed by atoms with Gasteiger partial charge in [0, 0.05) is 12.5 Å². The molecule has 108 valence electrons. The van der Waals surface area contributed by atoms with Crippen LogP contribution in [0, 0.1) is 5.92 Å². The fourth-order valence-corrected chi connectivity index (χ4v) is 2.54. The third kappa shape index (κ3) is 3.30. The summed E-state index contributed by atoms with van der Waals surface area (Å²) in [5.74, 6) is -1.96. The molecule has 0 amide bonds. The molecule has 20 heavy (non-hydrogen) atoms. The predicted molar refractivity (Wildman–Crippen MR) is 73.9 cm³/mol. The van der Waals surface area contributed by atoms with Gasteiger partial charge in [-0.3, -0.25) is 9.63 Å². The smallest absolute Gasteiger partial charge is 0.307 e. The van der Waals surface area contributed by atoms with Crippen LogP contribution >= 0.6 is 23.2 Å².